The topological polar surface area (TPSA) is 112 Å². The van der Waals surface area contributed by atoms with Crippen LogP contribution in [-0.4, -0.2) is 22.9 Å². The van der Waals surface area contributed by atoms with Crippen LogP contribution in [0, 0.1) is 10.1 Å². The summed E-state index contributed by atoms with van der Waals surface area (Å²) in [5, 5.41) is 13.1. The normalized spacial score (nSPS) is 11.9. The maximum atomic E-state index is 12.0. The van der Waals surface area contributed by atoms with Crippen molar-refractivity contribution in [3.05, 3.63) is 63.6 Å². The first kappa shape index (κ1) is 18.2. The second-order valence-corrected chi connectivity index (χ2v) is 5.25. The maximum absolute atomic E-state index is 12.0. The zero-order valence-corrected chi connectivity index (χ0v) is 13.7. The van der Waals surface area contributed by atoms with Gasteiger partial charge in [0.1, 0.15) is 5.76 Å². The van der Waals surface area contributed by atoms with Gasteiger partial charge in [0.2, 0.25) is 0 Å². The molecule has 0 saturated heterocycles. The van der Waals surface area contributed by atoms with E-state index < -0.39 is 22.9 Å². The highest BCUT2D eigenvalue weighted by Crippen LogP contribution is 2.26. The summed E-state index contributed by atoms with van der Waals surface area (Å²) in [6.07, 6.45) is 2.89. The lowest BCUT2D eigenvalue weighted by Crippen LogP contribution is -2.29. The van der Waals surface area contributed by atoms with E-state index in [9.17, 15) is 19.7 Å². The van der Waals surface area contributed by atoms with E-state index >= 15 is 0 Å². The average Bonchev–Trinajstić information content (AvgIpc) is 3.08. The van der Waals surface area contributed by atoms with Gasteiger partial charge in [-0.2, -0.15) is 0 Å². The number of halogens is 1. The monoisotopic (exact) mass is 364 g/mol. The fraction of sp³-hybridized carbons (Fsp3) is 0.125. The standard InChI is InChI=1S/C16H13ClN2O6/c1-10(25-15(20)7-5-12-3-2-8-24-12)16(21)18-14-6-4-11(19(22)23)9-13(14)17/h2-10H,1H3,(H,18,21)/b7-5+. The lowest BCUT2D eigenvalue weighted by Gasteiger charge is -2.13. The number of amides is 1. The van der Waals surface area contributed by atoms with Gasteiger partial charge in [-0.15, -0.1) is 0 Å². The van der Waals surface area contributed by atoms with Crippen LogP contribution in [0.3, 0.4) is 0 Å². The number of hydrogen-bond donors (Lipinski definition) is 1. The number of non-ortho nitro benzene ring substituents is 1. The number of nitro benzene ring substituents is 1. The molecule has 0 bridgehead atoms. The van der Waals surface area contributed by atoms with Gasteiger partial charge in [-0.25, -0.2) is 4.79 Å². The van der Waals surface area contributed by atoms with Crippen molar-refractivity contribution in [1.29, 1.82) is 0 Å². The summed E-state index contributed by atoms with van der Waals surface area (Å²) in [5.41, 5.74) is -0.0307. The molecule has 0 fully saturated rings. The van der Waals surface area contributed by atoms with E-state index in [4.69, 9.17) is 20.8 Å². The minimum absolute atomic E-state index is 0.00112. The number of carbonyl (C=O) groups excluding carboxylic acids is 2. The molecule has 0 aliphatic carbocycles. The summed E-state index contributed by atoms with van der Waals surface area (Å²) in [7, 11) is 0. The number of anilines is 1. The highest BCUT2D eigenvalue weighted by Gasteiger charge is 2.18. The molecule has 2 aromatic rings. The van der Waals surface area contributed by atoms with Gasteiger partial charge in [0, 0.05) is 18.2 Å². The van der Waals surface area contributed by atoms with Crippen molar-refractivity contribution < 1.29 is 23.7 Å². The number of hydrogen-bond acceptors (Lipinski definition) is 6. The fourth-order valence-electron chi connectivity index (χ4n) is 1.76. The highest BCUT2D eigenvalue weighted by molar-refractivity contribution is 6.34. The van der Waals surface area contributed by atoms with E-state index in [2.05, 4.69) is 5.32 Å². The molecule has 1 heterocycles. The molecule has 25 heavy (non-hydrogen) atoms. The van der Waals surface area contributed by atoms with Crippen molar-refractivity contribution in [3.63, 3.8) is 0 Å². The Labute approximate surface area is 147 Å². The summed E-state index contributed by atoms with van der Waals surface area (Å²) < 4.78 is 9.97. The van der Waals surface area contributed by atoms with E-state index in [1.54, 1.807) is 12.1 Å². The van der Waals surface area contributed by atoms with E-state index in [1.807, 2.05) is 0 Å². The van der Waals surface area contributed by atoms with Gasteiger partial charge in [0.15, 0.2) is 6.10 Å². The Kier molecular flexibility index (Phi) is 5.91. The van der Waals surface area contributed by atoms with Crippen molar-refractivity contribution in [2.45, 2.75) is 13.0 Å². The van der Waals surface area contributed by atoms with Gasteiger partial charge in [-0.1, -0.05) is 11.6 Å². The minimum Gasteiger partial charge on any atom is -0.465 e. The predicted molar refractivity (Wildman–Crippen MR) is 90.0 cm³/mol. The summed E-state index contributed by atoms with van der Waals surface area (Å²) in [5.74, 6) is -0.893. The summed E-state index contributed by atoms with van der Waals surface area (Å²) in [6, 6.07) is 6.92. The van der Waals surface area contributed by atoms with Gasteiger partial charge in [-0.05, 0) is 31.2 Å². The van der Waals surface area contributed by atoms with Crippen molar-refractivity contribution in [2.75, 3.05) is 5.32 Å². The third-order valence-corrected chi connectivity index (χ3v) is 3.32. The number of furan rings is 1. The van der Waals surface area contributed by atoms with Crippen LogP contribution >= 0.6 is 11.6 Å². The molecular weight excluding hydrogens is 352 g/mol. The van der Waals surface area contributed by atoms with Crippen LogP contribution in [-0.2, 0) is 14.3 Å². The van der Waals surface area contributed by atoms with Gasteiger partial charge in [0.05, 0.1) is 21.9 Å². The van der Waals surface area contributed by atoms with Crippen LogP contribution in [0.5, 0.6) is 0 Å². The number of esters is 1. The average molecular weight is 365 g/mol. The molecule has 8 nitrogen and oxygen atoms in total. The molecule has 0 spiro atoms. The number of carbonyl (C=O) groups is 2. The molecule has 2 rings (SSSR count). The third-order valence-electron chi connectivity index (χ3n) is 3.01. The first-order valence-corrected chi connectivity index (χ1v) is 7.41. The lowest BCUT2D eigenvalue weighted by molar-refractivity contribution is -0.384. The number of nitrogens with one attached hydrogen (secondary N) is 1. The van der Waals surface area contributed by atoms with Crippen LogP contribution in [0.15, 0.2) is 47.1 Å². The smallest absolute Gasteiger partial charge is 0.331 e. The number of nitrogens with zero attached hydrogens (tertiary/aromatic N) is 1. The molecule has 1 unspecified atom stereocenters. The molecular formula is C16H13ClN2O6. The van der Waals surface area contributed by atoms with Crippen LogP contribution in [0.2, 0.25) is 5.02 Å². The van der Waals surface area contributed by atoms with E-state index in [0.29, 0.717) is 5.76 Å². The zero-order chi connectivity index (χ0) is 18.4. The molecule has 1 atom stereocenters. The Morgan fingerprint density at radius 2 is 2.16 bits per heavy atom. The van der Waals surface area contributed by atoms with Crippen molar-refractivity contribution in [1.82, 2.24) is 0 Å². The molecule has 0 saturated carbocycles. The van der Waals surface area contributed by atoms with Crippen LogP contribution in [0.4, 0.5) is 11.4 Å². The Morgan fingerprint density at radius 3 is 2.76 bits per heavy atom. The van der Waals surface area contributed by atoms with Crippen LogP contribution < -0.4 is 5.32 Å². The first-order valence-electron chi connectivity index (χ1n) is 7.04. The fourth-order valence-corrected chi connectivity index (χ4v) is 1.98. The van der Waals surface area contributed by atoms with E-state index in [1.165, 1.54) is 31.4 Å². The highest BCUT2D eigenvalue weighted by atomic mass is 35.5. The van der Waals surface area contributed by atoms with Gasteiger partial charge < -0.3 is 14.5 Å². The van der Waals surface area contributed by atoms with E-state index in [-0.39, 0.29) is 16.4 Å². The Hall–Kier alpha value is -3.13. The number of benzene rings is 1. The summed E-state index contributed by atoms with van der Waals surface area (Å²) >= 11 is 5.89. The molecule has 1 amide bonds. The quantitative estimate of drug-likeness (QED) is 0.364. The predicted octanol–water partition coefficient (Wildman–Crippen LogP) is 3.42. The molecule has 0 radical (unpaired) electrons. The molecule has 0 aliphatic heterocycles. The largest absolute Gasteiger partial charge is 0.465 e. The second kappa shape index (κ2) is 8.11. The van der Waals surface area contributed by atoms with Crippen molar-refractivity contribution >= 4 is 40.9 Å². The summed E-state index contributed by atoms with van der Waals surface area (Å²) in [6.45, 7) is 1.38. The molecule has 1 N–H and O–H groups in total. The van der Waals surface area contributed by atoms with Crippen LogP contribution in [0.1, 0.15) is 12.7 Å². The third kappa shape index (κ3) is 5.18. The SMILES string of the molecule is CC(OC(=O)/C=C/c1ccco1)C(=O)Nc1ccc([N+](=O)[O-])cc1Cl. The van der Waals surface area contributed by atoms with Gasteiger partial charge in [-0.3, -0.25) is 14.9 Å². The Bertz CT molecular complexity index is 816. The molecule has 1 aromatic carbocycles. The van der Waals surface area contributed by atoms with Gasteiger partial charge >= 0.3 is 5.97 Å². The molecule has 0 aliphatic rings. The maximum Gasteiger partial charge on any atom is 0.331 e. The Balaban J connectivity index is 1.93. The first-order chi connectivity index (χ1) is 11.9. The lowest BCUT2D eigenvalue weighted by atomic mass is 10.2. The van der Waals surface area contributed by atoms with E-state index in [0.717, 1.165) is 12.1 Å². The van der Waals surface area contributed by atoms with Gasteiger partial charge in [0.25, 0.3) is 11.6 Å². The Morgan fingerprint density at radius 1 is 1.40 bits per heavy atom. The molecule has 1 aromatic heterocycles. The zero-order valence-electron chi connectivity index (χ0n) is 13.0. The second-order valence-electron chi connectivity index (χ2n) is 4.84. The number of ether oxygens (including phenoxy) is 1. The molecule has 130 valence electrons. The molecule has 9 heteroatoms. The van der Waals surface area contributed by atoms with Crippen molar-refractivity contribution in [3.8, 4) is 0 Å². The summed E-state index contributed by atoms with van der Waals surface area (Å²) in [4.78, 5) is 33.7. The minimum atomic E-state index is -1.10. The van der Waals surface area contributed by atoms with Crippen LogP contribution in [0.25, 0.3) is 6.08 Å². The number of rotatable bonds is 6. The van der Waals surface area contributed by atoms with Crippen molar-refractivity contribution in [2.24, 2.45) is 0 Å². The number of nitro groups is 1.